The summed E-state index contributed by atoms with van der Waals surface area (Å²) in [6, 6.07) is 17.7. The van der Waals surface area contributed by atoms with Crippen LogP contribution < -0.4 is 10.6 Å². The van der Waals surface area contributed by atoms with Crippen LogP contribution in [-0.4, -0.2) is 32.2 Å². The Morgan fingerprint density at radius 3 is 2.69 bits per heavy atom. The fourth-order valence-corrected chi connectivity index (χ4v) is 4.27. The first-order chi connectivity index (χ1) is 15.6. The lowest BCUT2D eigenvalue weighted by Crippen LogP contribution is -2.36. The van der Waals surface area contributed by atoms with E-state index in [-0.39, 0.29) is 11.9 Å². The first-order valence-electron chi connectivity index (χ1n) is 10.6. The second-order valence-electron chi connectivity index (χ2n) is 7.70. The summed E-state index contributed by atoms with van der Waals surface area (Å²) >= 11 is 1.66. The number of carbonyl (C=O) groups is 1. The maximum absolute atomic E-state index is 12.2. The average Bonchev–Trinajstić information content (AvgIpc) is 3.23. The summed E-state index contributed by atoms with van der Waals surface area (Å²) < 4.78 is 2.04. The molecule has 0 bridgehead atoms. The maximum atomic E-state index is 12.2. The molecule has 0 fully saturated rings. The van der Waals surface area contributed by atoms with Crippen LogP contribution in [0.4, 0.5) is 4.79 Å². The monoisotopic (exact) mass is 446 g/mol. The van der Waals surface area contributed by atoms with Gasteiger partial charge in [0, 0.05) is 53.3 Å². The van der Waals surface area contributed by atoms with Crippen LogP contribution in [0.3, 0.4) is 0 Å². The Kier molecular flexibility index (Phi) is 7.01. The van der Waals surface area contributed by atoms with Gasteiger partial charge in [-0.1, -0.05) is 49.9 Å². The Bertz CT molecular complexity index is 1190. The lowest BCUT2D eigenvalue weighted by atomic mass is 10.2. The van der Waals surface area contributed by atoms with Crippen LogP contribution in [0.5, 0.6) is 0 Å². The minimum atomic E-state index is -0.187. The number of fused-ring (bicyclic) bond motifs is 1. The van der Waals surface area contributed by atoms with Crippen molar-refractivity contribution in [3.63, 3.8) is 0 Å². The highest BCUT2D eigenvalue weighted by Gasteiger charge is 2.11. The van der Waals surface area contributed by atoms with Gasteiger partial charge in [-0.2, -0.15) is 0 Å². The van der Waals surface area contributed by atoms with Crippen LogP contribution in [0.1, 0.15) is 36.8 Å². The van der Waals surface area contributed by atoms with Crippen LogP contribution in [-0.2, 0) is 13.0 Å². The van der Waals surface area contributed by atoms with Gasteiger partial charge in [-0.15, -0.1) is 10.2 Å². The fourth-order valence-electron chi connectivity index (χ4n) is 3.31. The number of carbonyl (C=O) groups excluding carboxylic acids is 1. The van der Waals surface area contributed by atoms with Crippen LogP contribution in [0.25, 0.3) is 5.65 Å². The van der Waals surface area contributed by atoms with Crippen molar-refractivity contribution < 1.29 is 4.79 Å². The van der Waals surface area contributed by atoms with Crippen LogP contribution in [0, 0.1) is 0 Å². The average molecular weight is 447 g/mol. The number of aromatic nitrogens is 4. The quantitative estimate of drug-likeness (QED) is 0.418. The van der Waals surface area contributed by atoms with E-state index in [9.17, 15) is 4.79 Å². The standard InChI is InChI=1S/C24H26N6OS/c1-17(2)23-29-28-22-11-10-20(16-30(22)23)32-21-9-4-3-7-18(21)15-27-24(31)26-14-12-19-8-5-6-13-25-19/h3-11,13,16-17H,12,14-15H2,1-2H3,(H2,26,27,31). The third-order valence-corrected chi connectivity index (χ3v) is 6.05. The smallest absolute Gasteiger partial charge is 0.315 e. The van der Waals surface area contributed by atoms with E-state index in [4.69, 9.17) is 0 Å². The second-order valence-corrected chi connectivity index (χ2v) is 8.81. The lowest BCUT2D eigenvalue weighted by Gasteiger charge is -2.12. The van der Waals surface area contributed by atoms with Gasteiger partial charge in [0.2, 0.25) is 0 Å². The van der Waals surface area contributed by atoms with Crippen molar-refractivity contribution in [3.8, 4) is 0 Å². The summed E-state index contributed by atoms with van der Waals surface area (Å²) in [7, 11) is 0. The Morgan fingerprint density at radius 2 is 1.88 bits per heavy atom. The fraction of sp³-hybridized carbons (Fsp3) is 0.250. The molecule has 0 saturated carbocycles. The zero-order chi connectivity index (χ0) is 22.3. The van der Waals surface area contributed by atoms with E-state index in [1.54, 1.807) is 18.0 Å². The van der Waals surface area contributed by atoms with E-state index in [0.717, 1.165) is 32.5 Å². The van der Waals surface area contributed by atoms with Gasteiger partial charge in [-0.05, 0) is 35.9 Å². The zero-order valence-corrected chi connectivity index (χ0v) is 19.0. The van der Waals surface area contributed by atoms with E-state index in [1.807, 2.05) is 52.9 Å². The molecule has 2 amide bonds. The van der Waals surface area contributed by atoms with Gasteiger partial charge >= 0.3 is 6.03 Å². The number of urea groups is 1. The molecule has 8 heteroatoms. The Hall–Kier alpha value is -3.39. The normalized spacial score (nSPS) is 11.1. The molecule has 0 radical (unpaired) electrons. The molecular weight excluding hydrogens is 420 g/mol. The van der Waals surface area contributed by atoms with Gasteiger partial charge in [0.1, 0.15) is 5.82 Å². The number of nitrogens with zero attached hydrogens (tertiary/aromatic N) is 4. The molecule has 4 aromatic rings. The zero-order valence-electron chi connectivity index (χ0n) is 18.2. The van der Waals surface area contributed by atoms with E-state index in [2.05, 4.69) is 51.9 Å². The Labute approximate surface area is 191 Å². The van der Waals surface area contributed by atoms with E-state index >= 15 is 0 Å². The number of amides is 2. The predicted molar refractivity (Wildman–Crippen MR) is 126 cm³/mol. The van der Waals surface area contributed by atoms with Crippen molar-refractivity contribution in [2.45, 2.75) is 42.5 Å². The van der Waals surface area contributed by atoms with Crippen molar-refractivity contribution in [2.24, 2.45) is 0 Å². The van der Waals surface area contributed by atoms with Crippen molar-refractivity contribution in [1.29, 1.82) is 0 Å². The van der Waals surface area contributed by atoms with E-state index < -0.39 is 0 Å². The summed E-state index contributed by atoms with van der Waals surface area (Å²) in [4.78, 5) is 18.7. The third-order valence-electron chi connectivity index (χ3n) is 4.95. The van der Waals surface area contributed by atoms with Gasteiger partial charge in [0.15, 0.2) is 5.65 Å². The van der Waals surface area contributed by atoms with Crippen LogP contribution in [0.15, 0.2) is 76.8 Å². The van der Waals surface area contributed by atoms with E-state index in [0.29, 0.717) is 19.5 Å². The molecule has 32 heavy (non-hydrogen) atoms. The van der Waals surface area contributed by atoms with Crippen LogP contribution >= 0.6 is 11.8 Å². The Balaban J connectivity index is 1.37. The van der Waals surface area contributed by atoms with Gasteiger partial charge in [0.05, 0.1) is 0 Å². The summed E-state index contributed by atoms with van der Waals surface area (Å²) in [5, 5.41) is 14.4. The molecule has 0 aliphatic rings. The highest BCUT2D eigenvalue weighted by atomic mass is 32.2. The topological polar surface area (TPSA) is 84.2 Å². The maximum Gasteiger partial charge on any atom is 0.315 e. The van der Waals surface area contributed by atoms with E-state index in [1.165, 1.54) is 0 Å². The molecule has 7 nitrogen and oxygen atoms in total. The number of nitrogens with one attached hydrogen (secondary N) is 2. The molecule has 0 atom stereocenters. The van der Waals surface area contributed by atoms with Crippen molar-refractivity contribution in [3.05, 3.63) is 84.1 Å². The first kappa shape index (κ1) is 21.8. The van der Waals surface area contributed by atoms with Crippen molar-refractivity contribution in [2.75, 3.05) is 6.54 Å². The van der Waals surface area contributed by atoms with Crippen LogP contribution in [0.2, 0.25) is 0 Å². The summed E-state index contributed by atoms with van der Waals surface area (Å²) in [6.45, 7) is 5.21. The molecule has 0 aliphatic carbocycles. The Morgan fingerprint density at radius 1 is 1.03 bits per heavy atom. The number of hydrogen-bond acceptors (Lipinski definition) is 5. The number of pyridine rings is 2. The minimum Gasteiger partial charge on any atom is -0.338 e. The number of rotatable bonds is 8. The van der Waals surface area contributed by atoms with Gasteiger partial charge in [-0.25, -0.2) is 4.79 Å². The number of benzene rings is 1. The summed E-state index contributed by atoms with van der Waals surface area (Å²) in [6.07, 6.45) is 4.53. The molecule has 2 N–H and O–H groups in total. The molecule has 3 heterocycles. The highest BCUT2D eigenvalue weighted by molar-refractivity contribution is 7.99. The molecular formula is C24H26N6OS. The highest BCUT2D eigenvalue weighted by Crippen LogP contribution is 2.31. The third kappa shape index (κ3) is 5.45. The molecule has 0 aliphatic heterocycles. The summed E-state index contributed by atoms with van der Waals surface area (Å²) in [5.74, 6) is 1.23. The lowest BCUT2D eigenvalue weighted by molar-refractivity contribution is 0.240. The van der Waals surface area contributed by atoms with Gasteiger partial charge in [0.25, 0.3) is 0 Å². The molecule has 4 rings (SSSR count). The molecule has 0 unspecified atom stereocenters. The molecule has 0 saturated heterocycles. The van der Waals surface area contributed by atoms with Gasteiger partial charge < -0.3 is 10.6 Å². The molecule has 0 spiro atoms. The molecule has 164 valence electrons. The van der Waals surface area contributed by atoms with Crippen molar-refractivity contribution >= 4 is 23.4 Å². The second kappa shape index (κ2) is 10.3. The first-order valence-corrected chi connectivity index (χ1v) is 11.4. The number of hydrogen-bond donors (Lipinski definition) is 2. The summed E-state index contributed by atoms with van der Waals surface area (Å²) in [5.41, 5.74) is 2.86. The molecule has 1 aromatic carbocycles. The minimum absolute atomic E-state index is 0.187. The van der Waals surface area contributed by atoms with Crippen molar-refractivity contribution in [1.82, 2.24) is 30.2 Å². The predicted octanol–water partition coefficient (Wildman–Crippen LogP) is 4.44. The van der Waals surface area contributed by atoms with Gasteiger partial charge in [-0.3, -0.25) is 9.38 Å². The largest absolute Gasteiger partial charge is 0.338 e. The molecule has 3 aromatic heterocycles. The SMILES string of the molecule is CC(C)c1nnc2ccc(Sc3ccccc3CNC(=O)NCCc3ccccn3)cn12.